The second kappa shape index (κ2) is 7.54. The van der Waals surface area contributed by atoms with Gasteiger partial charge in [-0.15, -0.1) is 0 Å². The third-order valence-electron chi connectivity index (χ3n) is 3.00. The Morgan fingerprint density at radius 1 is 1.50 bits per heavy atom. The fraction of sp³-hybridized carbons (Fsp3) is 0.500. The quantitative estimate of drug-likeness (QED) is 0.848. The van der Waals surface area contributed by atoms with Crippen molar-refractivity contribution in [3.63, 3.8) is 0 Å². The van der Waals surface area contributed by atoms with E-state index < -0.39 is 0 Å². The van der Waals surface area contributed by atoms with Gasteiger partial charge in [-0.3, -0.25) is 4.79 Å². The summed E-state index contributed by atoms with van der Waals surface area (Å²) in [5.41, 5.74) is 6.72. The maximum absolute atomic E-state index is 12.0. The van der Waals surface area contributed by atoms with Crippen LogP contribution >= 0.6 is 15.9 Å². The van der Waals surface area contributed by atoms with Gasteiger partial charge in [-0.25, -0.2) is 0 Å². The monoisotopic (exact) mass is 312 g/mol. The van der Waals surface area contributed by atoms with Crippen LogP contribution in [0.4, 0.5) is 0 Å². The molecule has 1 aromatic carbocycles. The summed E-state index contributed by atoms with van der Waals surface area (Å²) in [6.07, 6.45) is 1.81. The molecule has 0 radical (unpaired) electrons. The normalized spacial score (nSPS) is 14.0. The first-order valence-electron chi connectivity index (χ1n) is 6.34. The number of carbonyl (C=O) groups excluding carboxylic acids is 1. The molecule has 0 heterocycles. The maximum Gasteiger partial charge on any atom is 0.224 e. The van der Waals surface area contributed by atoms with Crippen LogP contribution in [0, 0.1) is 5.92 Å². The van der Waals surface area contributed by atoms with E-state index in [0.717, 1.165) is 22.9 Å². The van der Waals surface area contributed by atoms with Gasteiger partial charge in [0.25, 0.3) is 0 Å². The number of amides is 1. The van der Waals surface area contributed by atoms with E-state index in [0.29, 0.717) is 6.54 Å². The molecule has 18 heavy (non-hydrogen) atoms. The van der Waals surface area contributed by atoms with Crippen molar-refractivity contribution < 1.29 is 4.79 Å². The van der Waals surface area contributed by atoms with E-state index in [1.165, 1.54) is 0 Å². The number of nitrogens with one attached hydrogen (secondary N) is 1. The fourth-order valence-corrected chi connectivity index (χ4v) is 2.31. The summed E-state index contributed by atoms with van der Waals surface area (Å²) in [4.78, 5) is 12.0. The van der Waals surface area contributed by atoms with E-state index in [9.17, 15) is 4.79 Å². The van der Waals surface area contributed by atoms with Crippen LogP contribution in [0.5, 0.6) is 0 Å². The van der Waals surface area contributed by atoms with E-state index in [2.05, 4.69) is 28.2 Å². The highest BCUT2D eigenvalue weighted by atomic mass is 79.9. The maximum atomic E-state index is 12.0. The summed E-state index contributed by atoms with van der Waals surface area (Å²) in [6.45, 7) is 4.46. The largest absolute Gasteiger partial charge is 0.349 e. The summed E-state index contributed by atoms with van der Waals surface area (Å²) in [5, 5.41) is 3.02. The van der Waals surface area contributed by atoms with Crippen LogP contribution in [0.1, 0.15) is 38.3 Å². The van der Waals surface area contributed by atoms with Crippen LogP contribution in [-0.4, -0.2) is 12.5 Å². The zero-order valence-electron chi connectivity index (χ0n) is 10.9. The summed E-state index contributed by atoms with van der Waals surface area (Å²) >= 11 is 3.43. The molecule has 0 saturated carbocycles. The minimum atomic E-state index is -0.0791. The molecule has 0 aliphatic heterocycles. The van der Waals surface area contributed by atoms with Gasteiger partial charge in [0.15, 0.2) is 0 Å². The molecule has 0 bridgehead atoms. The Labute approximate surface area is 117 Å². The summed E-state index contributed by atoms with van der Waals surface area (Å²) in [5.74, 6) is -0.0311. The van der Waals surface area contributed by atoms with Crippen molar-refractivity contribution in [1.29, 1.82) is 0 Å². The molecule has 4 heteroatoms. The standard InChI is InChI=1S/C14H21BrN2O/c1-3-5-12(9-16)14(18)17-10(2)11-6-4-7-13(15)8-11/h4,6-8,10,12H,3,5,9,16H2,1-2H3,(H,17,18). The predicted molar refractivity (Wildman–Crippen MR) is 78.2 cm³/mol. The smallest absolute Gasteiger partial charge is 0.224 e. The minimum Gasteiger partial charge on any atom is -0.349 e. The highest BCUT2D eigenvalue weighted by Crippen LogP contribution is 2.18. The number of nitrogens with two attached hydrogens (primary N) is 1. The molecule has 0 fully saturated rings. The van der Waals surface area contributed by atoms with Crippen LogP contribution in [0.3, 0.4) is 0 Å². The second-order valence-corrected chi connectivity index (χ2v) is 5.42. The second-order valence-electron chi connectivity index (χ2n) is 4.51. The van der Waals surface area contributed by atoms with Crippen LogP contribution in [0.25, 0.3) is 0 Å². The summed E-state index contributed by atoms with van der Waals surface area (Å²) in [6, 6.07) is 7.96. The topological polar surface area (TPSA) is 55.1 Å². The highest BCUT2D eigenvalue weighted by molar-refractivity contribution is 9.10. The van der Waals surface area contributed by atoms with Gasteiger partial charge >= 0.3 is 0 Å². The molecule has 0 aromatic heterocycles. The van der Waals surface area contributed by atoms with Crippen LogP contribution in [0.2, 0.25) is 0 Å². The molecule has 3 N–H and O–H groups in total. The predicted octanol–water partition coefficient (Wildman–Crippen LogP) is 3.00. The first-order valence-corrected chi connectivity index (χ1v) is 7.13. The van der Waals surface area contributed by atoms with Gasteiger partial charge in [-0.05, 0) is 31.0 Å². The van der Waals surface area contributed by atoms with Crippen molar-refractivity contribution in [3.05, 3.63) is 34.3 Å². The molecule has 3 nitrogen and oxygen atoms in total. The average Bonchev–Trinajstić information content (AvgIpc) is 2.35. The first kappa shape index (κ1) is 15.2. The molecule has 0 aliphatic rings. The Balaban J connectivity index is 2.63. The summed E-state index contributed by atoms with van der Waals surface area (Å²) in [7, 11) is 0. The minimum absolute atomic E-state index is 0.000839. The number of carbonyl (C=O) groups is 1. The Kier molecular flexibility index (Phi) is 6.36. The molecule has 2 atom stereocenters. The van der Waals surface area contributed by atoms with E-state index >= 15 is 0 Å². The van der Waals surface area contributed by atoms with Crippen molar-refractivity contribution in [2.75, 3.05) is 6.54 Å². The lowest BCUT2D eigenvalue weighted by atomic mass is 10.0. The fourth-order valence-electron chi connectivity index (χ4n) is 1.89. The molecular weight excluding hydrogens is 292 g/mol. The van der Waals surface area contributed by atoms with Gasteiger partial charge in [0, 0.05) is 11.0 Å². The Morgan fingerprint density at radius 3 is 2.78 bits per heavy atom. The SMILES string of the molecule is CCCC(CN)C(=O)NC(C)c1cccc(Br)c1. The molecule has 2 unspecified atom stereocenters. The molecule has 0 spiro atoms. The van der Waals surface area contributed by atoms with Gasteiger partial charge < -0.3 is 11.1 Å². The Morgan fingerprint density at radius 2 is 2.22 bits per heavy atom. The van der Waals surface area contributed by atoms with E-state index in [4.69, 9.17) is 5.73 Å². The molecule has 100 valence electrons. The molecular formula is C14H21BrN2O. The number of hydrogen-bond acceptors (Lipinski definition) is 2. The van der Waals surface area contributed by atoms with Gasteiger partial charge in [-0.2, -0.15) is 0 Å². The molecule has 1 rings (SSSR count). The zero-order chi connectivity index (χ0) is 13.5. The van der Waals surface area contributed by atoms with Gasteiger partial charge in [0.05, 0.1) is 12.0 Å². The van der Waals surface area contributed by atoms with Crippen LogP contribution < -0.4 is 11.1 Å². The van der Waals surface area contributed by atoms with Gasteiger partial charge in [0.1, 0.15) is 0 Å². The number of rotatable bonds is 6. The van der Waals surface area contributed by atoms with Crippen molar-refractivity contribution >= 4 is 21.8 Å². The molecule has 0 aliphatic carbocycles. The van der Waals surface area contributed by atoms with Crippen molar-refractivity contribution in [3.8, 4) is 0 Å². The van der Waals surface area contributed by atoms with E-state index in [1.54, 1.807) is 0 Å². The number of halogens is 1. The lowest BCUT2D eigenvalue weighted by Crippen LogP contribution is -2.36. The van der Waals surface area contributed by atoms with Gasteiger partial charge in [-0.1, -0.05) is 41.4 Å². The van der Waals surface area contributed by atoms with E-state index in [1.807, 2.05) is 31.2 Å². The zero-order valence-corrected chi connectivity index (χ0v) is 12.5. The first-order chi connectivity index (χ1) is 8.58. The molecule has 0 saturated heterocycles. The summed E-state index contributed by atoms with van der Waals surface area (Å²) < 4.78 is 1.02. The number of benzene rings is 1. The van der Waals surface area contributed by atoms with Crippen LogP contribution in [0.15, 0.2) is 28.7 Å². The number of hydrogen-bond donors (Lipinski definition) is 2. The van der Waals surface area contributed by atoms with Gasteiger partial charge in [0.2, 0.25) is 5.91 Å². The van der Waals surface area contributed by atoms with Crippen molar-refractivity contribution in [1.82, 2.24) is 5.32 Å². The van der Waals surface area contributed by atoms with Crippen LogP contribution in [-0.2, 0) is 4.79 Å². The van der Waals surface area contributed by atoms with Crippen molar-refractivity contribution in [2.45, 2.75) is 32.7 Å². The van der Waals surface area contributed by atoms with E-state index in [-0.39, 0.29) is 17.9 Å². The molecule has 1 amide bonds. The third kappa shape index (κ3) is 4.42. The Bertz CT molecular complexity index is 395. The average molecular weight is 313 g/mol. The molecule has 1 aromatic rings. The van der Waals surface area contributed by atoms with Crippen molar-refractivity contribution in [2.24, 2.45) is 11.7 Å². The Hall–Kier alpha value is -0.870. The lowest BCUT2D eigenvalue weighted by molar-refractivity contribution is -0.125. The highest BCUT2D eigenvalue weighted by Gasteiger charge is 2.18. The third-order valence-corrected chi connectivity index (χ3v) is 3.49. The lowest BCUT2D eigenvalue weighted by Gasteiger charge is -2.19.